The molecule has 0 spiro atoms. The van der Waals surface area contributed by atoms with Crippen LogP contribution in [0.1, 0.15) is 49.8 Å². The van der Waals surface area contributed by atoms with Crippen molar-refractivity contribution in [2.45, 2.75) is 40.2 Å². The molecular formula is C13H24N4O4S. The van der Waals surface area contributed by atoms with E-state index in [1.807, 2.05) is 13.8 Å². The van der Waals surface area contributed by atoms with Gasteiger partial charge in [-0.2, -0.15) is 17.4 Å². The van der Waals surface area contributed by atoms with Gasteiger partial charge in [-0.25, -0.2) is 9.78 Å². The summed E-state index contributed by atoms with van der Waals surface area (Å²) in [7, 11) is -3.59. The molecule has 1 heterocycles. The third-order valence-electron chi connectivity index (χ3n) is 2.90. The highest BCUT2D eigenvalue weighted by molar-refractivity contribution is 7.87. The number of carbonyl (C=O) groups excluding carboxylic acids is 1. The largest absolute Gasteiger partial charge is 0.461 e. The smallest absolute Gasteiger partial charge is 0.358 e. The van der Waals surface area contributed by atoms with E-state index in [-0.39, 0.29) is 18.8 Å². The highest BCUT2D eigenvalue weighted by atomic mass is 32.2. The van der Waals surface area contributed by atoms with Crippen molar-refractivity contribution in [1.82, 2.24) is 19.0 Å². The number of carbonyl (C=O) groups is 1. The van der Waals surface area contributed by atoms with E-state index < -0.39 is 16.2 Å². The van der Waals surface area contributed by atoms with Gasteiger partial charge in [0.15, 0.2) is 5.69 Å². The lowest BCUT2D eigenvalue weighted by Gasteiger charge is -2.21. The first-order valence-electron chi connectivity index (χ1n) is 7.40. The lowest BCUT2D eigenvalue weighted by molar-refractivity contribution is 0.0518. The number of H-pyrrole nitrogens is 1. The van der Waals surface area contributed by atoms with Crippen LogP contribution in [0.25, 0.3) is 0 Å². The predicted octanol–water partition coefficient (Wildman–Crippen LogP) is 1.04. The zero-order chi connectivity index (χ0) is 16.6. The molecule has 0 amide bonds. The van der Waals surface area contributed by atoms with E-state index in [2.05, 4.69) is 14.7 Å². The van der Waals surface area contributed by atoms with Gasteiger partial charge in [-0.1, -0.05) is 13.8 Å². The number of esters is 1. The third kappa shape index (κ3) is 5.08. The SMILES string of the molecule is CCCN(CCC)S(=O)(=O)NCc1[nH]cnc1C(=O)OCC. The van der Waals surface area contributed by atoms with Crippen molar-refractivity contribution in [3.8, 4) is 0 Å². The first kappa shape index (κ1) is 18.6. The van der Waals surface area contributed by atoms with Crippen molar-refractivity contribution in [3.05, 3.63) is 17.7 Å². The van der Waals surface area contributed by atoms with Crippen LogP contribution in [0.3, 0.4) is 0 Å². The van der Waals surface area contributed by atoms with Crippen LogP contribution in [0, 0.1) is 0 Å². The maximum atomic E-state index is 12.3. The van der Waals surface area contributed by atoms with Gasteiger partial charge in [0.05, 0.1) is 25.2 Å². The Morgan fingerprint density at radius 2 is 1.95 bits per heavy atom. The standard InChI is InChI=1S/C13H24N4O4S/c1-4-7-17(8-5-2)22(19,20)16-9-11-12(15-10-14-11)13(18)21-6-3/h10,16H,4-9H2,1-3H3,(H,14,15). The average Bonchev–Trinajstić information content (AvgIpc) is 2.94. The molecule has 1 aromatic heterocycles. The van der Waals surface area contributed by atoms with Gasteiger partial charge >= 0.3 is 5.97 Å². The van der Waals surface area contributed by atoms with E-state index in [4.69, 9.17) is 4.74 Å². The molecule has 0 radical (unpaired) electrons. The number of hydrogen-bond acceptors (Lipinski definition) is 5. The van der Waals surface area contributed by atoms with Gasteiger partial charge in [0.2, 0.25) is 0 Å². The zero-order valence-corrected chi connectivity index (χ0v) is 14.1. The minimum absolute atomic E-state index is 0.0413. The summed E-state index contributed by atoms with van der Waals surface area (Å²) in [4.78, 5) is 18.3. The van der Waals surface area contributed by atoms with Crippen LogP contribution in [0.5, 0.6) is 0 Å². The van der Waals surface area contributed by atoms with Crippen molar-refractivity contribution >= 4 is 16.2 Å². The summed E-state index contributed by atoms with van der Waals surface area (Å²) in [5.41, 5.74) is 0.483. The molecule has 0 aromatic carbocycles. The molecule has 9 heteroatoms. The molecule has 0 saturated carbocycles. The van der Waals surface area contributed by atoms with Gasteiger partial charge in [0, 0.05) is 13.1 Å². The van der Waals surface area contributed by atoms with Crippen LogP contribution in [0.2, 0.25) is 0 Å². The Bertz CT molecular complexity index is 564. The van der Waals surface area contributed by atoms with Gasteiger partial charge in [0.1, 0.15) is 0 Å². The van der Waals surface area contributed by atoms with Crippen LogP contribution < -0.4 is 4.72 Å². The number of aromatic nitrogens is 2. The molecule has 0 saturated heterocycles. The topological polar surface area (TPSA) is 104 Å². The van der Waals surface area contributed by atoms with Crippen molar-refractivity contribution < 1.29 is 17.9 Å². The summed E-state index contributed by atoms with van der Waals surface area (Å²) in [6.45, 7) is 6.64. The van der Waals surface area contributed by atoms with Gasteiger partial charge < -0.3 is 9.72 Å². The Labute approximate surface area is 131 Å². The molecule has 0 unspecified atom stereocenters. The summed E-state index contributed by atoms with van der Waals surface area (Å²) in [5, 5.41) is 0. The number of ether oxygens (including phenoxy) is 1. The van der Waals surface area contributed by atoms with E-state index >= 15 is 0 Å². The average molecular weight is 332 g/mol. The van der Waals surface area contributed by atoms with Crippen LogP contribution in [-0.2, 0) is 21.5 Å². The fourth-order valence-corrected chi connectivity index (χ4v) is 3.29. The van der Waals surface area contributed by atoms with E-state index in [0.29, 0.717) is 18.8 Å². The number of nitrogens with one attached hydrogen (secondary N) is 2. The van der Waals surface area contributed by atoms with Crippen LogP contribution >= 0.6 is 0 Å². The minimum Gasteiger partial charge on any atom is -0.461 e. The van der Waals surface area contributed by atoms with Gasteiger partial charge in [-0.3, -0.25) is 0 Å². The zero-order valence-electron chi connectivity index (χ0n) is 13.3. The Balaban J connectivity index is 2.76. The molecule has 0 fully saturated rings. The molecule has 8 nitrogen and oxygen atoms in total. The molecule has 126 valence electrons. The van der Waals surface area contributed by atoms with Crippen LogP contribution in [-0.4, -0.2) is 48.4 Å². The van der Waals surface area contributed by atoms with E-state index in [1.165, 1.54) is 10.6 Å². The molecule has 22 heavy (non-hydrogen) atoms. The van der Waals surface area contributed by atoms with E-state index in [1.54, 1.807) is 6.92 Å². The van der Waals surface area contributed by atoms with E-state index in [9.17, 15) is 13.2 Å². The summed E-state index contributed by atoms with van der Waals surface area (Å²) in [6.07, 6.45) is 2.81. The van der Waals surface area contributed by atoms with Crippen molar-refractivity contribution in [1.29, 1.82) is 0 Å². The summed E-state index contributed by atoms with van der Waals surface area (Å²) < 4.78 is 33.3. The number of aromatic amines is 1. The number of nitrogens with zero attached hydrogens (tertiary/aromatic N) is 2. The third-order valence-corrected chi connectivity index (χ3v) is 4.46. The first-order chi connectivity index (χ1) is 10.5. The van der Waals surface area contributed by atoms with Crippen LogP contribution in [0.4, 0.5) is 0 Å². The summed E-state index contributed by atoms with van der Waals surface area (Å²) >= 11 is 0. The van der Waals surface area contributed by atoms with Crippen molar-refractivity contribution in [2.24, 2.45) is 0 Å². The number of imidazole rings is 1. The molecule has 0 aliphatic heterocycles. The van der Waals surface area contributed by atoms with Gasteiger partial charge in [-0.15, -0.1) is 0 Å². The highest BCUT2D eigenvalue weighted by Crippen LogP contribution is 2.07. The fourth-order valence-electron chi connectivity index (χ4n) is 1.94. The first-order valence-corrected chi connectivity index (χ1v) is 8.84. The highest BCUT2D eigenvalue weighted by Gasteiger charge is 2.22. The maximum Gasteiger partial charge on any atom is 0.358 e. The van der Waals surface area contributed by atoms with E-state index in [0.717, 1.165) is 12.8 Å². The van der Waals surface area contributed by atoms with Crippen molar-refractivity contribution in [2.75, 3.05) is 19.7 Å². The molecular weight excluding hydrogens is 308 g/mol. The fraction of sp³-hybridized carbons (Fsp3) is 0.692. The number of rotatable bonds is 10. The number of hydrogen-bond donors (Lipinski definition) is 2. The second kappa shape index (κ2) is 8.86. The Morgan fingerprint density at radius 3 is 2.50 bits per heavy atom. The molecule has 0 bridgehead atoms. The summed E-state index contributed by atoms with van der Waals surface area (Å²) in [6, 6.07) is 0. The van der Waals surface area contributed by atoms with Crippen LogP contribution in [0.15, 0.2) is 6.33 Å². The minimum atomic E-state index is -3.59. The lowest BCUT2D eigenvalue weighted by Crippen LogP contribution is -2.41. The second-order valence-electron chi connectivity index (χ2n) is 4.68. The van der Waals surface area contributed by atoms with Crippen molar-refractivity contribution in [3.63, 3.8) is 0 Å². The molecule has 0 aliphatic rings. The molecule has 1 rings (SSSR count). The molecule has 2 N–H and O–H groups in total. The lowest BCUT2D eigenvalue weighted by atomic mass is 10.3. The summed E-state index contributed by atoms with van der Waals surface area (Å²) in [5.74, 6) is -0.572. The Morgan fingerprint density at radius 1 is 1.32 bits per heavy atom. The second-order valence-corrected chi connectivity index (χ2v) is 6.43. The Hall–Kier alpha value is -1.45. The van der Waals surface area contributed by atoms with Gasteiger partial charge in [0.25, 0.3) is 10.2 Å². The Kier molecular flexibility index (Phi) is 7.49. The predicted molar refractivity (Wildman–Crippen MR) is 82.5 cm³/mol. The molecule has 0 atom stereocenters. The quantitative estimate of drug-likeness (QED) is 0.623. The molecule has 1 aromatic rings. The maximum absolute atomic E-state index is 12.3. The van der Waals surface area contributed by atoms with Gasteiger partial charge in [-0.05, 0) is 19.8 Å². The molecule has 0 aliphatic carbocycles. The normalized spacial score (nSPS) is 11.8. The monoisotopic (exact) mass is 332 g/mol.